The first kappa shape index (κ1) is 16.4. The molecule has 1 atom stereocenters. The van der Waals surface area contributed by atoms with Crippen LogP contribution in [0.5, 0.6) is 0 Å². The number of hydrogen-bond acceptors (Lipinski definition) is 5. The van der Waals surface area contributed by atoms with Gasteiger partial charge in [-0.2, -0.15) is 0 Å². The van der Waals surface area contributed by atoms with Crippen LogP contribution in [-0.2, 0) is 11.2 Å². The number of aromatic nitrogens is 4. The summed E-state index contributed by atoms with van der Waals surface area (Å²) in [6.45, 7) is 1.37. The van der Waals surface area contributed by atoms with Crippen LogP contribution in [0.3, 0.4) is 0 Å². The Labute approximate surface area is 134 Å². The van der Waals surface area contributed by atoms with Gasteiger partial charge >= 0.3 is 0 Å². The van der Waals surface area contributed by atoms with Gasteiger partial charge in [-0.3, -0.25) is 4.79 Å². The third-order valence-corrected chi connectivity index (χ3v) is 3.87. The van der Waals surface area contributed by atoms with Gasteiger partial charge in [0.15, 0.2) is 0 Å². The minimum absolute atomic E-state index is 0. The van der Waals surface area contributed by atoms with Gasteiger partial charge < -0.3 is 10.6 Å². The molecule has 1 amide bonds. The molecule has 118 valence electrons. The fourth-order valence-corrected chi connectivity index (χ4v) is 2.73. The number of tetrazole rings is 1. The van der Waals surface area contributed by atoms with Crippen molar-refractivity contribution in [1.82, 2.24) is 25.1 Å². The molecule has 0 saturated carbocycles. The van der Waals surface area contributed by atoms with Gasteiger partial charge in [0.1, 0.15) is 6.33 Å². The molecule has 3 rings (SSSR count). The number of benzene rings is 1. The summed E-state index contributed by atoms with van der Waals surface area (Å²) in [5.74, 6) is 0.151. The number of carbonyl (C=O) groups excluding carboxylic acids is 1. The van der Waals surface area contributed by atoms with E-state index in [1.165, 1.54) is 6.33 Å². The van der Waals surface area contributed by atoms with Crippen LogP contribution in [-0.4, -0.2) is 50.1 Å². The quantitative estimate of drug-likeness (QED) is 0.889. The lowest BCUT2D eigenvalue weighted by atomic mass is 10.1. The van der Waals surface area contributed by atoms with Crippen molar-refractivity contribution in [2.45, 2.75) is 25.3 Å². The number of halogens is 1. The fourth-order valence-electron chi connectivity index (χ4n) is 2.73. The molecule has 1 aliphatic heterocycles. The Morgan fingerprint density at radius 1 is 1.32 bits per heavy atom. The van der Waals surface area contributed by atoms with E-state index in [0.717, 1.165) is 30.6 Å². The molecule has 2 aromatic rings. The summed E-state index contributed by atoms with van der Waals surface area (Å²) >= 11 is 0. The molecule has 8 heteroatoms. The molecule has 1 fully saturated rings. The lowest BCUT2D eigenvalue weighted by molar-refractivity contribution is -0.131. The van der Waals surface area contributed by atoms with Crippen LogP contribution < -0.4 is 5.73 Å². The van der Waals surface area contributed by atoms with E-state index in [2.05, 4.69) is 15.5 Å². The van der Waals surface area contributed by atoms with Crippen LogP contribution >= 0.6 is 12.4 Å². The summed E-state index contributed by atoms with van der Waals surface area (Å²) in [5.41, 5.74) is 7.57. The van der Waals surface area contributed by atoms with Gasteiger partial charge in [-0.15, -0.1) is 17.5 Å². The highest BCUT2D eigenvalue weighted by atomic mass is 35.5. The molecule has 1 aromatic carbocycles. The molecular formula is C14H19ClN6O. The largest absolute Gasteiger partial charge is 0.338 e. The van der Waals surface area contributed by atoms with Crippen molar-refractivity contribution in [3.8, 4) is 5.69 Å². The van der Waals surface area contributed by atoms with E-state index in [1.54, 1.807) is 4.68 Å². The van der Waals surface area contributed by atoms with E-state index in [0.29, 0.717) is 13.0 Å². The zero-order valence-corrected chi connectivity index (χ0v) is 12.9. The standard InChI is InChI=1S/C14H18N6O.ClH/c15-9-13-2-1-7-19(13)14(21)8-11-3-5-12(6-4-11)20-10-16-17-18-20;/h3-6,10,13H,1-2,7-9,15H2;1H. The molecule has 2 heterocycles. The van der Waals surface area contributed by atoms with Crippen LogP contribution in [0.2, 0.25) is 0 Å². The number of nitrogens with zero attached hydrogens (tertiary/aromatic N) is 5. The summed E-state index contributed by atoms with van der Waals surface area (Å²) < 4.78 is 1.58. The zero-order valence-electron chi connectivity index (χ0n) is 12.1. The van der Waals surface area contributed by atoms with Gasteiger partial charge in [0, 0.05) is 19.1 Å². The molecule has 1 saturated heterocycles. The molecule has 0 spiro atoms. The summed E-state index contributed by atoms with van der Waals surface area (Å²) in [6.07, 6.45) is 4.01. The Hall–Kier alpha value is -1.99. The summed E-state index contributed by atoms with van der Waals surface area (Å²) in [6, 6.07) is 7.88. The first-order valence-corrected chi connectivity index (χ1v) is 7.10. The monoisotopic (exact) mass is 322 g/mol. The molecule has 0 aliphatic carbocycles. The summed E-state index contributed by atoms with van der Waals surface area (Å²) in [4.78, 5) is 14.2. The van der Waals surface area contributed by atoms with Crippen molar-refractivity contribution < 1.29 is 4.79 Å². The van der Waals surface area contributed by atoms with Crippen molar-refractivity contribution in [3.63, 3.8) is 0 Å². The maximum atomic E-state index is 12.3. The number of nitrogens with two attached hydrogens (primary N) is 1. The van der Waals surface area contributed by atoms with E-state index in [1.807, 2.05) is 29.2 Å². The van der Waals surface area contributed by atoms with Crippen molar-refractivity contribution in [1.29, 1.82) is 0 Å². The summed E-state index contributed by atoms with van der Waals surface area (Å²) in [5, 5.41) is 11.0. The van der Waals surface area contributed by atoms with Gasteiger partial charge in [0.25, 0.3) is 0 Å². The molecule has 1 unspecified atom stereocenters. The lowest BCUT2D eigenvalue weighted by Gasteiger charge is -2.23. The van der Waals surface area contributed by atoms with Crippen LogP contribution in [0.4, 0.5) is 0 Å². The summed E-state index contributed by atoms with van der Waals surface area (Å²) in [7, 11) is 0. The maximum absolute atomic E-state index is 12.3. The Balaban J connectivity index is 0.00000176. The van der Waals surface area contributed by atoms with Gasteiger partial charge in [-0.25, -0.2) is 4.68 Å². The Bertz CT molecular complexity index is 600. The molecule has 1 aliphatic rings. The van der Waals surface area contributed by atoms with Crippen LogP contribution in [0, 0.1) is 0 Å². The van der Waals surface area contributed by atoms with Crippen LogP contribution in [0.15, 0.2) is 30.6 Å². The number of hydrogen-bond donors (Lipinski definition) is 1. The highest BCUT2D eigenvalue weighted by molar-refractivity contribution is 5.85. The molecule has 0 bridgehead atoms. The van der Waals surface area contributed by atoms with E-state index < -0.39 is 0 Å². The smallest absolute Gasteiger partial charge is 0.227 e. The van der Waals surface area contributed by atoms with Crippen LogP contribution in [0.1, 0.15) is 18.4 Å². The van der Waals surface area contributed by atoms with Crippen molar-refractivity contribution >= 4 is 18.3 Å². The van der Waals surface area contributed by atoms with E-state index >= 15 is 0 Å². The molecule has 22 heavy (non-hydrogen) atoms. The topological polar surface area (TPSA) is 89.9 Å². The normalized spacial score (nSPS) is 17.3. The number of amides is 1. The van der Waals surface area contributed by atoms with Gasteiger partial charge in [0.2, 0.25) is 5.91 Å². The van der Waals surface area contributed by atoms with E-state index in [9.17, 15) is 4.79 Å². The lowest BCUT2D eigenvalue weighted by Crippen LogP contribution is -2.40. The average Bonchev–Trinajstić information content (AvgIpc) is 3.19. The van der Waals surface area contributed by atoms with E-state index in [-0.39, 0.29) is 24.4 Å². The Kier molecular flexibility index (Phi) is 5.46. The minimum atomic E-state index is 0. The Morgan fingerprint density at radius 3 is 2.73 bits per heavy atom. The second kappa shape index (κ2) is 7.33. The van der Waals surface area contributed by atoms with E-state index in [4.69, 9.17) is 5.73 Å². The van der Waals surface area contributed by atoms with Gasteiger partial charge in [-0.1, -0.05) is 12.1 Å². The molecule has 2 N–H and O–H groups in total. The van der Waals surface area contributed by atoms with Gasteiger partial charge in [-0.05, 0) is 41.0 Å². The predicted molar refractivity (Wildman–Crippen MR) is 83.9 cm³/mol. The number of likely N-dealkylation sites (tertiary alicyclic amines) is 1. The number of carbonyl (C=O) groups is 1. The van der Waals surface area contributed by atoms with Gasteiger partial charge in [0.05, 0.1) is 12.1 Å². The zero-order chi connectivity index (χ0) is 14.7. The third kappa shape index (κ3) is 3.42. The molecule has 1 aromatic heterocycles. The molecular weight excluding hydrogens is 304 g/mol. The highest BCUT2D eigenvalue weighted by Gasteiger charge is 2.27. The fraction of sp³-hybridized carbons (Fsp3) is 0.429. The molecule has 0 radical (unpaired) electrons. The second-order valence-electron chi connectivity index (χ2n) is 5.22. The maximum Gasteiger partial charge on any atom is 0.227 e. The molecule has 7 nitrogen and oxygen atoms in total. The van der Waals surface area contributed by atoms with Crippen molar-refractivity contribution in [2.75, 3.05) is 13.1 Å². The third-order valence-electron chi connectivity index (χ3n) is 3.87. The minimum Gasteiger partial charge on any atom is -0.338 e. The van der Waals surface area contributed by atoms with Crippen molar-refractivity contribution in [3.05, 3.63) is 36.2 Å². The average molecular weight is 323 g/mol. The second-order valence-corrected chi connectivity index (χ2v) is 5.22. The SMILES string of the molecule is Cl.NCC1CCCN1C(=O)Cc1ccc(-n2cnnn2)cc1. The van der Waals surface area contributed by atoms with Crippen molar-refractivity contribution in [2.24, 2.45) is 5.73 Å². The highest BCUT2D eigenvalue weighted by Crippen LogP contribution is 2.18. The number of rotatable bonds is 4. The first-order valence-electron chi connectivity index (χ1n) is 7.10. The van der Waals surface area contributed by atoms with Crippen LogP contribution in [0.25, 0.3) is 5.69 Å². The first-order chi connectivity index (χ1) is 10.3. The predicted octanol–water partition coefficient (Wildman–Crippen LogP) is 0.576. The Morgan fingerprint density at radius 2 is 2.09 bits per heavy atom.